The van der Waals surface area contributed by atoms with Gasteiger partial charge in [-0.1, -0.05) is 136 Å². The Morgan fingerprint density at radius 3 is 1.00 bits per heavy atom. The molecule has 1 nitrogen and oxygen atoms in total. The monoisotopic (exact) mass is 353 g/mol. The Bertz CT molecular complexity index is 226. The second-order valence-electron chi connectivity index (χ2n) is 8.21. The first-order valence-corrected chi connectivity index (χ1v) is 12.0. The number of hydrogen-bond donors (Lipinski definition) is 0. The molecular weight excluding hydrogens is 304 g/mol. The van der Waals surface area contributed by atoms with E-state index in [0.717, 1.165) is 19.3 Å². The summed E-state index contributed by atoms with van der Waals surface area (Å²) >= 11 is 0. The second-order valence-corrected chi connectivity index (χ2v) is 8.21. The van der Waals surface area contributed by atoms with E-state index in [0.29, 0.717) is 0 Å². The number of unbranched alkanes of at least 4 members (excludes halogenated alkanes) is 17. The Morgan fingerprint density at radius 1 is 0.400 bits per heavy atom. The highest BCUT2D eigenvalue weighted by molar-refractivity contribution is 4.57. The summed E-state index contributed by atoms with van der Waals surface area (Å²) in [5.41, 5.74) is 0. The molecule has 25 heavy (non-hydrogen) atoms. The minimum absolute atomic E-state index is 0.279. The largest absolute Gasteiger partial charge is 0.233 e. The lowest BCUT2D eigenvalue weighted by molar-refractivity contribution is 0.0690. The lowest BCUT2D eigenvalue weighted by Crippen LogP contribution is -2.03. The van der Waals surface area contributed by atoms with E-state index in [-0.39, 0.29) is 6.10 Å². The van der Waals surface area contributed by atoms with Gasteiger partial charge in [-0.25, -0.2) is 5.11 Å². The summed E-state index contributed by atoms with van der Waals surface area (Å²) in [6, 6.07) is 0. The fraction of sp³-hybridized carbons (Fsp3) is 1.00. The summed E-state index contributed by atoms with van der Waals surface area (Å²) < 4.78 is 0. The molecule has 0 aliphatic heterocycles. The standard InChI is InChI=1S/C24H49O/c1-3-5-7-8-9-10-11-12-13-14-15-16-17-18-19-21-23-24(25)22-20-6-4-2/h24H,3-23H2,1-2H3. The van der Waals surface area contributed by atoms with Gasteiger partial charge in [0.2, 0.25) is 0 Å². The van der Waals surface area contributed by atoms with Crippen LogP contribution < -0.4 is 0 Å². The Hall–Kier alpha value is -0.0400. The van der Waals surface area contributed by atoms with Gasteiger partial charge in [0.25, 0.3) is 0 Å². The molecule has 1 unspecified atom stereocenters. The highest BCUT2D eigenvalue weighted by Gasteiger charge is 2.05. The van der Waals surface area contributed by atoms with Crippen molar-refractivity contribution in [2.75, 3.05) is 0 Å². The van der Waals surface area contributed by atoms with E-state index in [4.69, 9.17) is 0 Å². The molecule has 0 rings (SSSR count). The smallest absolute Gasteiger partial charge is 0.0930 e. The fourth-order valence-electron chi connectivity index (χ4n) is 3.69. The van der Waals surface area contributed by atoms with Gasteiger partial charge >= 0.3 is 0 Å². The van der Waals surface area contributed by atoms with E-state index >= 15 is 0 Å². The molecule has 0 saturated heterocycles. The van der Waals surface area contributed by atoms with Gasteiger partial charge in [-0.3, -0.25) is 0 Å². The van der Waals surface area contributed by atoms with Crippen LogP contribution in [0.1, 0.15) is 149 Å². The summed E-state index contributed by atoms with van der Waals surface area (Å²) in [5.74, 6) is 0. The normalized spacial score (nSPS) is 12.6. The summed E-state index contributed by atoms with van der Waals surface area (Å²) in [4.78, 5) is 0. The average molecular weight is 354 g/mol. The lowest BCUT2D eigenvalue weighted by atomic mass is 10.0. The third kappa shape index (κ3) is 21.9. The summed E-state index contributed by atoms with van der Waals surface area (Å²) in [6.45, 7) is 4.49. The van der Waals surface area contributed by atoms with Gasteiger partial charge < -0.3 is 0 Å². The maximum atomic E-state index is 11.7. The van der Waals surface area contributed by atoms with E-state index in [1.807, 2.05) is 0 Å². The number of hydrogen-bond acceptors (Lipinski definition) is 0. The van der Waals surface area contributed by atoms with Crippen LogP contribution in [0.4, 0.5) is 0 Å². The molecule has 0 amide bonds. The highest BCUT2D eigenvalue weighted by atomic mass is 16.3. The van der Waals surface area contributed by atoms with Gasteiger partial charge in [0.15, 0.2) is 0 Å². The van der Waals surface area contributed by atoms with Crippen molar-refractivity contribution < 1.29 is 5.11 Å². The van der Waals surface area contributed by atoms with Crippen LogP contribution in [0, 0.1) is 0 Å². The molecule has 0 spiro atoms. The third-order valence-electron chi connectivity index (χ3n) is 5.51. The van der Waals surface area contributed by atoms with E-state index in [9.17, 15) is 5.11 Å². The van der Waals surface area contributed by atoms with Crippen molar-refractivity contribution >= 4 is 0 Å². The zero-order chi connectivity index (χ0) is 18.4. The van der Waals surface area contributed by atoms with Gasteiger partial charge in [0, 0.05) is 0 Å². The van der Waals surface area contributed by atoms with Crippen molar-refractivity contribution in [3.63, 3.8) is 0 Å². The van der Waals surface area contributed by atoms with E-state index < -0.39 is 0 Å². The Balaban J connectivity index is 3.05. The van der Waals surface area contributed by atoms with Gasteiger partial charge in [-0.05, 0) is 12.8 Å². The number of rotatable bonds is 21. The molecule has 0 aromatic carbocycles. The zero-order valence-electron chi connectivity index (χ0n) is 17.8. The molecule has 0 aromatic heterocycles. The van der Waals surface area contributed by atoms with Crippen molar-refractivity contribution in [1.29, 1.82) is 0 Å². The first kappa shape index (κ1) is 25.0. The van der Waals surface area contributed by atoms with E-state index in [1.165, 1.54) is 116 Å². The molecule has 0 aliphatic rings. The maximum Gasteiger partial charge on any atom is 0.0930 e. The molecule has 0 bridgehead atoms. The van der Waals surface area contributed by atoms with Gasteiger partial charge in [0.1, 0.15) is 0 Å². The Kier molecular flexibility index (Phi) is 22.0. The molecule has 0 aliphatic carbocycles. The first-order valence-electron chi connectivity index (χ1n) is 12.0. The molecule has 0 heterocycles. The first-order chi connectivity index (χ1) is 12.3. The minimum Gasteiger partial charge on any atom is -0.233 e. The van der Waals surface area contributed by atoms with Crippen LogP contribution in [-0.4, -0.2) is 6.10 Å². The fourth-order valence-corrected chi connectivity index (χ4v) is 3.69. The Morgan fingerprint density at radius 2 is 0.640 bits per heavy atom. The Labute approximate surface area is 160 Å². The summed E-state index contributed by atoms with van der Waals surface area (Å²) in [5, 5.41) is 11.7. The molecule has 0 N–H and O–H groups in total. The zero-order valence-corrected chi connectivity index (χ0v) is 17.8. The molecule has 1 heteroatoms. The predicted octanol–water partition coefficient (Wildman–Crippen LogP) is 9.02. The topological polar surface area (TPSA) is 19.9 Å². The van der Waals surface area contributed by atoms with Crippen molar-refractivity contribution in [2.45, 2.75) is 155 Å². The molecule has 0 aromatic rings. The predicted molar refractivity (Wildman–Crippen MR) is 113 cm³/mol. The lowest BCUT2D eigenvalue weighted by Gasteiger charge is -2.07. The molecule has 0 fully saturated rings. The third-order valence-corrected chi connectivity index (χ3v) is 5.51. The van der Waals surface area contributed by atoms with Gasteiger partial charge in [0.05, 0.1) is 6.10 Å². The van der Waals surface area contributed by atoms with Crippen molar-refractivity contribution in [3.8, 4) is 0 Å². The van der Waals surface area contributed by atoms with Crippen LogP contribution in [0.3, 0.4) is 0 Å². The van der Waals surface area contributed by atoms with Crippen molar-refractivity contribution in [1.82, 2.24) is 0 Å². The SMILES string of the molecule is CCCCCCCCCCCCCCCCCCC([O])CCCCC. The molecule has 0 saturated carbocycles. The highest BCUT2D eigenvalue weighted by Crippen LogP contribution is 2.15. The van der Waals surface area contributed by atoms with Crippen LogP contribution in [0.25, 0.3) is 0 Å². The molecular formula is C24H49O. The molecule has 151 valence electrons. The minimum atomic E-state index is -0.279. The van der Waals surface area contributed by atoms with Crippen LogP contribution in [0.15, 0.2) is 0 Å². The average Bonchev–Trinajstić information content (AvgIpc) is 2.61. The molecule has 1 radical (unpaired) electrons. The summed E-state index contributed by atoms with van der Waals surface area (Å²) in [6.07, 6.45) is 27.6. The van der Waals surface area contributed by atoms with Crippen LogP contribution in [0.5, 0.6) is 0 Å². The van der Waals surface area contributed by atoms with E-state index in [1.54, 1.807) is 0 Å². The van der Waals surface area contributed by atoms with Gasteiger partial charge in [-0.15, -0.1) is 0 Å². The van der Waals surface area contributed by atoms with Crippen LogP contribution >= 0.6 is 0 Å². The quantitative estimate of drug-likeness (QED) is 0.183. The van der Waals surface area contributed by atoms with Gasteiger partial charge in [-0.2, -0.15) is 0 Å². The van der Waals surface area contributed by atoms with Crippen LogP contribution in [0.2, 0.25) is 0 Å². The van der Waals surface area contributed by atoms with Crippen molar-refractivity contribution in [3.05, 3.63) is 0 Å². The summed E-state index contributed by atoms with van der Waals surface area (Å²) in [7, 11) is 0. The van der Waals surface area contributed by atoms with E-state index in [2.05, 4.69) is 13.8 Å². The van der Waals surface area contributed by atoms with Crippen molar-refractivity contribution in [2.24, 2.45) is 0 Å². The molecule has 1 atom stereocenters. The van der Waals surface area contributed by atoms with Crippen LogP contribution in [-0.2, 0) is 5.11 Å². The second kappa shape index (κ2) is 22.0. The maximum absolute atomic E-state index is 11.7.